The maximum Gasteiger partial charge on any atom is 0.191 e. The topological polar surface area (TPSA) is 54.9 Å². The van der Waals surface area contributed by atoms with E-state index in [9.17, 15) is 0 Å². The third-order valence-electron chi connectivity index (χ3n) is 4.24. The van der Waals surface area contributed by atoms with Gasteiger partial charge in [0.15, 0.2) is 5.96 Å². The van der Waals surface area contributed by atoms with Crippen molar-refractivity contribution in [3.05, 3.63) is 46.2 Å². The van der Waals surface area contributed by atoms with E-state index in [1.54, 1.807) is 25.6 Å². The Morgan fingerprint density at radius 1 is 1.19 bits per heavy atom. The summed E-state index contributed by atoms with van der Waals surface area (Å²) < 4.78 is 10.8. The van der Waals surface area contributed by atoms with Gasteiger partial charge in [0.05, 0.1) is 20.3 Å². The molecule has 0 aliphatic carbocycles. The SMILES string of the molecule is CCNC(=NCC(C)c1ccsc1)NC(C)c1cc(OC)ccc1OC.I. The van der Waals surface area contributed by atoms with Gasteiger partial charge in [0.2, 0.25) is 0 Å². The average Bonchev–Trinajstić information content (AvgIpc) is 3.20. The van der Waals surface area contributed by atoms with Gasteiger partial charge in [-0.2, -0.15) is 11.3 Å². The quantitative estimate of drug-likeness (QED) is 0.309. The Balaban J connectivity index is 0.00000364. The van der Waals surface area contributed by atoms with Crippen LogP contribution in [0.15, 0.2) is 40.0 Å². The normalized spacial score (nSPS) is 13.3. The van der Waals surface area contributed by atoms with Crippen molar-refractivity contribution >= 4 is 41.3 Å². The molecule has 2 aromatic rings. The van der Waals surface area contributed by atoms with Crippen molar-refractivity contribution in [3.8, 4) is 11.5 Å². The molecule has 27 heavy (non-hydrogen) atoms. The van der Waals surface area contributed by atoms with Crippen LogP contribution in [0.4, 0.5) is 0 Å². The van der Waals surface area contributed by atoms with Crippen LogP contribution in [0.5, 0.6) is 11.5 Å². The van der Waals surface area contributed by atoms with E-state index < -0.39 is 0 Å². The zero-order chi connectivity index (χ0) is 18.9. The number of ether oxygens (including phenoxy) is 2. The molecule has 0 spiro atoms. The van der Waals surface area contributed by atoms with E-state index >= 15 is 0 Å². The van der Waals surface area contributed by atoms with Crippen molar-refractivity contribution in [3.63, 3.8) is 0 Å². The average molecular weight is 503 g/mol. The van der Waals surface area contributed by atoms with Crippen LogP contribution in [0.2, 0.25) is 0 Å². The third-order valence-corrected chi connectivity index (χ3v) is 4.94. The highest BCUT2D eigenvalue weighted by molar-refractivity contribution is 14.0. The molecule has 7 heteroatoms. The number of hydrogen-bond acceptors (Lipinski definition) is 4. The fourth-order valence-electron chi connectivity index (χ4n) is 2.67. The van der Waals surface area contributed by atoms with Gasteiger partial charge in [0, 0.05) is 24.6 Å². The summed E-state index contributed by atoms with van der Waals surface area (Å²) in [5.74, 6) is 2.82. The lowest BCUT2D eigenvalue weighted by molar-refractivity contribution is 0.394. The Morgan fingerprint density at radius 3 is 2.56 bits per heavy atom. The summed E-state index contributed by atoms with van der Waals surface area (Å²) in [6.07, 6.45) is 0. The highest BCUT2D eigenvalue weighted by Crippen LogP contribution is 2.29. The number of guanidine groups is 1. The van der Waals surface area contributed by atoms with Crippen molar-refractivity contribution in [1.82, 2.24) is 10.6 Å². The molecule has 0 radical (unpaired) electrons. The lowest BCUT2D eigenvalue weighted by Crippen LogP contribution is -2.39. The molecule has 2 rings (SSSR count). The molecule has 0 saturated heterocycles. The predicted molar refractivity (Wildman–Crippen MR) is 125 cm³/mol. The Kier molecular flexibility index (Phi) is 10.5. The predicted octanol–water partition coefficient (Wildman–Crippen LogP) is 4.80. The number of thiophene rings is 1. The molecule has 0 saturated carbocycles. The largest absolute Gasteiger partial charge is 0.497 e. The highest BCUT2D eigenvalue weighted by atomic mass is 127. The zero-order valence-corrected chi connectivity index (χ0v) is 19.8. The molecule has 2 atom stereocenters. The van der Waals surface area contributed by atoms with Crippen LogP contribution in [0.3, 0.4) is 0 Å². The first-order valence-electron chi connectivity index (χ1n) is 8.87. The van der Waals surface area contributed by atoms with E-state index in [2.05, 4.69) is 48.2 Å². The van der Waals surface area contributed by atoms with E-state index in [1.807, 2.05) is 18.2 Å². The molecule has 0 amide bonds. The van der Waals surface area contributed by atoms with Gasteiger partial charge >= 0.3 is 0 Å². The minimum Gasteiger partial charge on any atom is -0.497 e. The summed E-state index contributed by atoms with van der Waals surface area (Å²) in [6.45, 7) is 7.89. The number of aliphatic imine (C=N–C) groups is 1. The number of benzene rings is 1. The Hall–Kier alpha value is -1.48. The maximum atomic E-state index is 5.50. The molecule has 0 aliphatic heterocycles. The van der Waals surface area contributed by atoms with Crippen molar-refractivity contribution in [2.45, 2.75) is 32.7 Å². The molecule has 0 aliphatic rings. The van der Waals surface area contributed by atoms with E-state index in [0.717, 1.165) is 36.1 Å². The molecule has 150 valence electrons. The minimum atomic E-state index is 0. The molecular weight excluding hydrogens is 473 g/mol. The third kappa shape index (κ3) is 6.88. The molecule has 1 aromatic carbocycles. The molecule has 1 aromatic heterocycles. The molecule has 0 bridgehead atoms. The van der Waals surface area contributed by atoms with E-state index in [4.69, 9.17) is 14.5 Å². The summed E-state index contributed by atoms with van der Waals surface area (Å²) in [6, 6.07) is 8.00. The van der Waals surface area contributed by atoms with Gasteiger partial charge in [-0.1, -0.05) is 6.92 Å². The van der Waals surface area contributed by atoms with Crippen molar-refractivity contribution in [2.75, 3.05) is 27.3 Å². The molecule has 1 heterocycles. The molecule has 2 unspecified atom stereocenters. The Bertz CT molecular complexity index is 707. The standard InChI is InChI=1S/C20H29N3O2S.HI/c1-6-21-20(22-12-14(2)16-9-10-26-13-16)23-15(3)18-11-17(24-4)7-8-19(18)25-5;/h7-11,13-15H,6,12H2,1-5H3,(H2,21,22,23);1H. The maximum absolute atomic E-state index is 5.50. The number of methoxy groups -OCH3 is 2. The number of nitrogens with zero attached hydrogens (tertiary/aromatic N) is 1. The number of rotatable bonds is 8. The fourth-order valence-corrected chi connectivity index (χ4v) is 3.45. The summed E-state index contributed by atoms with van der Waals surface area (Å²) in [4.78, 5) is 4.76. The summed E-state index contributed by atoms with van der Waals surface area (Å²) in [5.41, 5.74) is 2.36. The van der Waals surface area contributed by atoms with Gasteiger partial charge in [-0.3, -0.25) is 4.99 Å². The van der Waals surface area contributed by atoms with Crippen LogP contribution < -0.4 is 20.1 Å². The van der Waals surface area contributed by atoms with E-state index in [-0.39, 0.29) is 30.0 Å². The van der Waals surface area contributed by atoms with Crippen LogP contribution in [-0.2, 0) is 0 Å². The summed E-state index contributed by atoms with van der Waals surface area (Å²) in [7, 11) is 3.35. The van der Waals surface area contributed by atoms with E-state index in [1.165, 1.54) is 5.56 Å². The Labute approximate surface area is 183 Å². The van der Waals surface area contributed by atoms with E-state index in [0.29, 0.717) is 5.92 Å². The first-order valence-corrected chi connectivity index (χ1v) is 9.82. The van der Waals surface area contributed by atoms with Crippen LogP contribution in [0.25, 0.3) is 0 Å². The van der Waals surface area contributed by atoms with Crippen molar-refractivity contribution in [1.29, 1.82) is 0 Å². The van der Waals surface area contributed by atoms with Gasteiger partial charge in [-0.05, 0) is 54.4 Å². The summed E-state index contributed by atoms with van der Waals surface area (Å²) >= 11 is 1.72. The number of halogens is 1. The van der Waals surface area contributed by atoms with Gasteiger partial charge in [0.25, 0.3) is 0 Å². The number of hydrogen-bond donors (Lipinski definition) is 2. The van der Waals surface area contributed by atoms with Gasteiger partial charge in [0.1, 0.15) is 11.5 Å². The molecule has 2 N–H and O–H groups in total. The number of nitrogens with one attached hydrogen (secondary N) is 2. The van der Waals surface area contributed by atoms with Gasteiger partial charge in [-0.15, -0.1) is 24.0 Å². The van der Waals surface area contributed by atoms with Gasteiger partial charge < -0.3 is 20.1 Å². The van der Waals surface area contributed by atoms with Gasteiger partial charge in [-0.25, -0.2) is 0 Å². The first-order chi connectivity index (χ1) is 12.6. The highest BCUT2D eigenvalue weighted by Gasteiger charge is 2.15. The smallest absolute Gasteiger partial charge is 0.191 e. The monoisotopic (exact) mass is 503 g/mol. The molecule has 5 nitrogen and oxygen atoms in total. The van der Waals surface area contributed by atoms with Crippen LogP contribution in [0, 0.1) is 0 Å². The lowest BCUT2D eigenvalue weighted by atomic mass is 10.1. The second kappa shape index (κ2) is 12.1. The minimum absolute atomic E-state index is 0. The van der Waals surface area contributed by atoms with Crippen LogP contribution >= 0.6 is 35.3 Å². The van der Waals surface area contributed by atoms with Crippen LogP contribution in [0.1, 0.15) is 43.9 Å². The Morgan fingerprint density at radius 2 is 1.96 bits per heavy atom. The van der Waals surface area contributed by atoms with Crippen LogP contribution in [-0.4, -0.2) is 33.3 Å². The summed E-state index contributed by atoms with van der Waals surface area (Å²) in [5, 5.41) is 11.1. The second-order valence-corrected chi connectivity index (χ2v) is 6.93. The zero-order valence-electron chi connectivity index (χ0n) is 16.6. The fraction of sp³-hybridized carbons (Fsp3) is 0.450. The molecular formula is C20H30IN3O2S. The second-order valence-electron chi connectivity index (χ2n) is 6.15. The van der Waals surface area contributed by atoms with Crippen molar-refractivity contribution in [2.24, 2.45) is 4.99 Å². The lowest BCUT2D eigenvalue weighted by Gasteiger charge is -2.21. The molecule has 0 fully saturated rings. The van der Waals surface area contributed by atoms with Crippen molar-refractivity contribution < 1.29 is 9.47 Å². The first kappa shape index (κ1) is 23.6.